The number of carboxylic acid groups (broad SMARTS) is 1. The van der Waals surface area contributed by atoms with Crippen molar-refractivity contribution in [2.24, 2.45) is 0 Å². The van der Waals surface area contributed by atoms with Crippen LogP contribution in [0.1, 0.15) is 28.7 Å². The molecule has 0 amide bonds. The first kappa shape index (κ1) is 21.0. The first-order valence-electron chi connectivity index (χ1n) is 10.5. The van der Waals surface area contributed by atoms with E-state index in [-0.39, 0.29) is 10.5 Å². The molecule has 2 aromatic carbocycles. The number of fused-ring (bicyclic) bond motifs is 2. The summed E-state index contributed by atoms with van der Waals surface area (Å²) in [5.41, 5.74) is 3.61. The Morgan fingerprint density at radius 1 is 1.00 bits per heavy atom. The number of rotatable bonds is 5. The van der Waals surface area contributed by atoms with Crippen LogP contribution in [-0.2, 0) is 16.4 Å². The molecule has 0 aliphatic heterocycles. The fourth-order valence-electron chi connectivity index (χ4n) is 4.29. The van der Waals surface area contributed by atoms with Crippen molar-refractivity contribution in [1.82, 2.24) is 13.4 Å². The third kappa shape index (κ3) is 3.22. The van der Waals surface area contributed by atoms with Gasteiger partial charge >= 0.3 is 5.97 Å². The molecule has 0 saturated carbocycles. The number of carbonyl (C=O) groups is 1. The highest BCUT2D eigenvalue weighted by molar-refractivity contribution is 7.90. The van der Waals surface area contributed by atoms with Gasteiger partial charge in [0.25, 0.3) is 10.0 Å². The van der Waals surface area contributed by atoms with Crippen LogP contribution in [0.2, 0.25) is 0 Å². The number of carboxylic acids is 1. The molecule has 0 aliphatic rings. The number of hydrogen-bond acceptors (Lipinski definition) is 4. The van der Waals surface area contributed by atoms with Crippen molar-refractivity contribution in [3.63, 3.8) is 0 Å². The molecule has 7 nitrogen and oxygen atoms in total. The van der Waals surface area contributed by atoms with Crippen LogP contribution in [0.5, 0.6) is 0 Å². The first-order chi connectivity index (χ1) is 15.8. The van der Waals surface area contributed by atoms with Gasteiger partial charge in [-0.2, -0.15) is 0 Å². The Bertz CT molecular complexity index is 1650. The molecular formula is C25H21N3O4S. The van der Waals surface area contributed by atoms with Crippen molar-refractivity contribution in [3.05, 3.63) is 89.7 Å². The van der Waals surface area contributed by atoms with Crippen molar-refractivity contribution in [2.75, 3.05) is 0 Å². The van der Waals surface area contributed by atoms with Gasteiger partial charge in [-0.05, 0) is 49.7 Å². The van der Waals surface area contributed by atoms with Gasteiger partial charge in [-0.3, -0.25) is 0 Å². The smallest absolute Gasteiger partial charge is 0.335 e. The molecule has 0 bridgehead atoms. The maximum atomic E-state index is 13.7. The molecule has 5 rings (SSSR count). The second-order valence-corrected chi connectivity index (χ2v) is 9.59. The van der Waals surface area contributed by atoms with E-state index < -0.39 is 16.0 Å². The van der Waals surface area contributed by atoms with Gasteiger partial charge in [-0.15, -0.1) is 0 Å². The maximum Gasteiger partial charge on any atom is 0.335 e. The van der Waals surface area contributed by atoms with Crippen LogP contribution >= 0.6 is 0 Å². The minimum atomic E-state index is -3.92. The van der Waals surface area contributed by atoms with Crippen molar-refractivity contribution >= 4 is 32.5 Å². The van der Waals surface area contributed by atoms with Gasteiger partial charge in [0, 0.05) is 16.8 Å². The van der Waals surface area contributed by atoms with Gasteiger partial charge in [0.2, 0.25) is 0 Å². The van der Waals surface area contributed by atoms with Crippen LogP contribution in [0.25, 0.3) is 27.9 Å². The van der Waals surface area contributed by atoms with E-state index in [1.54, 1.807) is 48.5 Å². The van der Waals surface area contributed by atoms with Crippen LogP contribution in [0.4, 0.5) is 0 Å². The van der Waals surface area contributed by atoms with Gasteiger partial charge in [0.1, 0.15) is 11.3 Å². The molecule has 3 aromatic heterocycles. The normalized spacial score (nSPS) is 11.9. The highest BCUT2D eigenvalue weighted by atomic mass is 32.2. The minimum absolute atomic E-state index is 0.147. The lowest BCUT2D eigenvalue weighted by atomic mass is 10.2. The molecular weight excluding hydrogens is 438 g/mol. The lowest BCUT2D eigenvalue weighted by molar-refractivity contribution is 0.0696. The molecule has 0 spiro atoms. The van der Waals surface area contributed by atoms with Crippen LogP contribution in [0, 0.1) is 6.92 Å². The zero-order valence-electron chi connectivity index (χ0n) is 18.1. The van der Waals surface area contributed by atoms with Crippen LogP contribution in [0.3, 0.4) is 0 Å². The largest absolute Gasteiger partial charge is 0.478 e. The Morgan fingerprint density at radius 3 is 2.39 bits per heavy atom. The lowest BCUT2D eigenvalue weighted by Crippen LogP contribution is -2.14. The van der Waals surface area contributed by atoms with Crippen molar-refractivity contribution in [3.8, 4) is 11.4 Å². The molecule has 0 unspecified atom stereocenters. The van der Waals surface area contributed by atoms with Crippen LogP contribution < -0.4 is 0 Å². The summed E-state index contributed by atoms with van der Waals surface area (Å²) in [6, 6.07) is 20.5. The molecule has 8 heteroatoms. The molecule has 166 valence electrons. The van der Waals surface area contributed by atoms with E-state index in [0.29, 0.717) is 29.0 Å². The predicted octanol–water partition coefficient (Wildman–Crippen LogP) is 4.76. The number of aromatic carboxylic acids is 1. The summed E-state index contributed by atoms with van der Waals surface area (Å²) in [6.45, 7) is 3.81. The molecule has 33 heavy (non-hydrogen) atoms. The Balaban J connectivity index is 1.86. The van der Waals surface area contributed by atoms with Crippen LogP contribution in [0.15, 0.2) is 77.7 Å². The Morgan fingerprint density at radius 2 is 1.70 bits per heavy atom. The summed E-state index contributed by atoms with van der Waals surface area (Å²) in [5, 5.41) is 10.3. The summed E-state index contributed by atoms with van der Waals surface area (Å²) in [7, 11) is -3.92. The highest BCUT2D eigenvalue weighted by Gasteiger charge is 2.26. The summed E-state index contributed by atoms with van der Waals surface area (Å²) < 4.78 is 30.7. The standard InChI is InChI=1S/C25H21N3O4S/c1-3-19-13-18(25(29)30)15-23-26-24(16(2)27(19)23)22-14-17-9-7-8-12-21(17)28(22)33(31,32)20-10-5-4-6-11-20/h4-15H,3H2,1-2H3,(H,29,30). The summed E-state index contributed by atoms with van der Waals surface area (Å²) in [4.78, 5) is 16.5. The molecule has 3 heterocycles. The SMILES string of the molecule is CCc1cc(C(=O)O)cc2nc(-c3cc4ccccc4n3S(=O)(=O)c3ccccc3)c(C)n12. The number of hydrogen-bond donors (Lipinski definition) is 1. The maximum absolute atomic E-state index is 13.7. The molecule has 0 radical (unpaired) electrons. The Hall–Kier alpha value is -3.91. The summed E-state index contributed by atoms with van der Waals surface area (Å²) in [6.07, 6.45) is 0.597. The lowest BCUT2D eigenvalue weighted by Gasteiger charge is -2.12. The first-order valence-corrected chi connectivity index (χ1v) is 11.9. The minimum Gasteiger partial charge on any atom is -0.478 e. The molecule has 0 fully saturated rings. The van der Waals surface area contributed by atoms with Gasteiger partial charge in [0.05, 0.1) is 21.7 Å². The van der Waals surface area contributed by atoms with E-state index in [1.807, 2.05) is 36.4 Å². The van der Waals surface area contributed by atoms with Crippen molar-refractivity contribution in [1.29, 1.82) is 0 Å². The van der Waals surface area contributed by atoms with Crippen LogP contribution in [-0.4, -0.2) is 32.9 Å². The Labute approximate surface area is 190 Å². The zero-order valence-corrected chi connectivity index (χ0v) is 18.9. The Kier molecular flexibility index (Phi) is 4.83. The van der Waals surface area contributed by atoms with Crippen molar-refractivity contribution < 1.29 is 18.3 Å². The fraction of sp³-hybridized carbons (Fsp3) is 0.120. The third-order valence-electron chi connectivity index (χ3n) is 5.83. The van der Waals surface area contributed by atoms with E-state index in [9.17, 15) is 18.3 Å². The number of para-hydroxylation sites is 1. The van der Waals surface area contributed by atoms with Crippen molar-refractivity contribution in [2.45, 2.75) is 25.2 Å². The molecule has 5 aromatic rings. The summed E-state index contributed by atoms with van der Waals surface area (Å²) >= 11 is 0. The van der Waals surface area contributed by atoms with Gasteiger partial charge in [-0.1, -0.05) is 43.3 Å². The summed E-state index contributed by atoms with van der Waals surface area (Å²) in [5.74, 6) is -1.03. The number of aryl methyl sites for hydroxylation is 2. The molecule has 0 saturated heterocycles. The highest BCUT2D eigenvalue weighted by Crippen LogP contribution is 2.34. The third-order valence-corrected chi connectivity index (χ3v) is 7.57. The zero-order chi connectivity index (χ0) is 23.3. The number of imidazole rings is 1. The van der Waals surface area contributed by atoms with E-state index in [0.717, 1.165) is 16.8 Å². The molecule has 1 N–H and O–H groups in total. The average molecular weight is 460 g/mol. The molecule has 0 aliphatic carbocycles. The van der Waals surface area contributed by atoms with Gasteiger partial charge in [-0.25, -0.2) is 22.2 Å². The average Bonchev–Trinajstić information content (AvgIpc) is 3.37. The monoisotopic (exact) mass is 459 g/mol. The quantitative estimate of drug-likeness (QED) is 0.409. The van der Waals surface area contributed by atoms with Gasteiger partial charge < -0.3 is 9.51 Å². The molecule has 0 atom stereocenters. The topological polar surface area (TPSA) is 93.7 Å². The van der Waals surface area contributed by atoms with E-state index in [1.165, 1.54) is 10.0 Å². The second-order valence-electron chi connectivity index (χ2n) is 7.80. The number of pyridine rings is 1. The van der Waals surface area contributed by atoms with E-state index in [2.05, 4.69) is 0 Å². The number of benzene rings is 2. The van der Waals surface area contributed by atoms with E-state index in [4.69, 9.17) is 4.98 Å². The predicted molar refractivity (Wildman–Crippen MR) is 126 cm³/mol. The second kappa shape index (κ2) is 7.60. The fourth-order valence-corrected chi connectivity index (χ4v) is 5.82. The van der Waals surface area contributed by atoms with E-state index >= 15 is 0 Å². The number of nitrogens with zero attached hydrogens (tertiary/aromatic N) is 3. The number of aromatic nitrogens is 3. The van der Waals surface area contributed by atoms with Gasteiger partial charge in [0.15, 0.2) is 0 Å².